The molecule has 0 atom stereocenters. The monoisotopic (exact) mass is 568 g/mol. The minimum atomic E-state index is -3.84. The van der Waals surface area contributed by atoms with Crippen LogP contribution in [0.2, 0.25) is 0 Å². The summed E-state index contributed by atoms with van der Waals surface area (Å²) >= 11 is 0. The number of rotatable bonds is 11. The number of aryl methyl sites for hydroxylation is 2. The lowest BCUT2D eigenvalue weighted by atomic mass is 10.1. The van der Waals surface area contributed by atoms with Crippen LogP contribution in [0.4, 0.5) is 0 Å². The van der Waals surface area contributed by atoms with Gasteiger partial charge in [-0.3, -0.25) is 9.69 Å². The summed E-state index contributed by atoms with van der Waals surface area (Å²) in [6.45, 7) is 6.05. The number of sulfonamides is 1. The lowest BCUT2D eigenvalue weighted by Gasteiger charge is -2.35. The van der Waals surface area contributed by atoms with Gasteiger partial charge in [-0.1, -0.05) is 24.3 Å². The zero-order chi connectivity index (χ0) is 28.6. The van der Waals surface area contributed by atoms with Gasteiger partial charge in [0.05, 0.1) is 24.7 Å². The van der Waals surface area contributed by atoms with Crippen LogP contribution in [0.3, 0.4) is 0 Å². The van der Waals surface area contributed by atoms with Crippen molar-refractivity contribution in [3.63, 3.8) is 0 Å². The summed E-state index contributed by atoms with van der Waals surface area (Å²) < 4.78 is 39.8. The number of aliphatic hydroxyl groups excluding tert-OH is 1. The first-order chi connectivity index (χ1) is 19.0. The number of β-amino-alcohol motifs (C(OH)–C–C–N with tert-alkyl or cyclic N) is 1. The Hall–Kier alpha value is -3.25. The molecule has 1 aliphatic heterocycles. The molecule has 5 rings (SSSR count). The van der Waals surface area contributed by atoms with E-state index in [1.807, 2.05) is 24.3 Å². The summed E-state index contributed by atoms with van der Waals surface area (Å²) in [5.41, 5.74) is 3.49. The van der Waals surface area contributed by atoms with Crippen LogP contribution in [0.15, 0.2) is 52.0 Å². The van der Waals surface area contributed by atoms with Crippen LogP contribution in [0, 0.1) is 13.8 Å². The average Bonchev–Trinajstić information content (AvgIpc) is 3.62. The van der Waals surface area contributed by atoms with Gasteiger partial charge in [0.25, 0.3) is 5.91 Å². The maximum Gasteiger partial charge on any atom is 0.275 e. The quantitative estimate of drug-likeness (QED) is 0.375. The summed E-state index contributed by atoms with van der Waals surface area (Å²) in [5, 5.41) is 9.45. The number of hydrogen-bond acceptors (Lipinski definition) is 8. The molecule has 0 unspecified atom stereocenters. The van der Waals surface area contributed by atoms with Gasteiger partial charge in [-0.2, -0.15) is 4.31 Å². The molecular weight excluding hydrogens is 532 g/mol. The van der Waals surface area contributed by atoms with E-state index in [1.165, 1.54) is 10.6 Å². The summed E-state index contributed by atoms with van der Waals surface area (Å²) in [6.07, 6.45) is 2.60. The number of methoxy groups -OCH3 is 1. The number of aliphatic hydroxyl groups is 1. The molecule has 2 aliphatic rings. The first-order valence-electron chi connectivity index (χ1n) is 13.4. The number of carbonyl (C=O) groups excluding carboxylic acids is 1. The Bertz CT molecular complexity index is 1450. The Kier molecular flexibility index (Phi) is 8.01. The predicted molar refractivity (Wildman–Crippen MR) is 148 cm³/mol. The Morgan fingerprint density at radius 2 is 1.73 bits per heavy atom. The molecule has 214 valence electrons. The molecule has 0 bridgehead atoms. The second kappa shape index (κ2) is 11.3. The number of ether oxygens (including phenoxy) is 1. The highest BCUT2D eigenvalue weighted by atomic mass is 32.2. The smallest absolute Gasteiger partial charge is 0.275 e. The van der Waals surface area contributed by atoms with Crippen molar-refractivity contribution in [2.45, 2.75) is 63.4 Å². The Morgan fingerprint density at radius 1 is 1.10 bits per heavy atom. The molecule has 1 aliphatic carbocycles. The van der Waals surface area contributed by atoms with Crippen LogP contribution in [-0.2, 0) is 29.7 Å². The molecule has 2 heterocycles. The molecular formula is C29H36N4O6S. The number of aromatic nitrogens is 1. The third-order valence-electron chi connectivity index (χ3n) is 7.39. The van der Waals surface area contributed by atoms with E-state index in [2.05, 4.69) is 9.88 Å². The Morgan fingerprint density at radius 3 is 2.30 bits per heavy atom. The fraction of sp³-hybridized carbons (Fsp3) is 0.448. The van der Waals surface area contributed by atoms with Crippen LogP contribution < -0.4 is 4.74 Å². The van der Waals surface area contributed by atoms with Crippen molar-refractivity contribution < 1.29 is 27.5 Å². The third kappa shape index (κ3) is 6.07. The molecule has 40 heavy (non-hydrogen) atoms. The number of oxazole rings is 1. The van der Waals surface area contributed by atoms with Crippen molar-refractivity contribution in [3.8, 4) is 5.75 Å². The van der Waals surface area contributed by atoms with Gasteiger partial charge in [-0.25, -0.2) is 13.4 Å². The van der Waals surface area contributed by atoms with E-state index >= 15 is 0 Å². The molecule has 0 radical (unpaired) electrons. The summed E-state index contributed by atoms with van der Waals surface area (Å²) in [7, 11) is -0.587. The van der Waals surface area contributed by atoms with Crippen LogP contribution >= 0.6 is 0 Å². The van der Waals surface area contributed by atoms with Gasteiger partial charge in [0, 0.05) is 39.3 Å². The number of amides is 1. The van der Waals surface area contributed by atoms with E-state index in [4.69, 9.17) is 9.15 Å². The van der Waals surface area contributed by atoms with Crippen LogP contribution in [0.5, 0.6) is 5.75 Å². The molecule has 10 nitrogen and oxygen atoms in total. The minimum absolute atomic E-state index is 0.0512. The van der Waals surface area contributed by atoms with Gasteiger partial charge in [-0.05, 0) is 61.1 Å². The van der Waals surface area contributed by atoms with E-state index in [-0.39, 0.29) is 41.1 Å². The lowest BCUT2D eigenvalue weighted by molar-refractivity contribution is -0.00286. The first-order valence-corrected chi connectivity index (χ1v) is 14.8. The summed E-state index contributed by atoms with van der Waals surface area (Å²) in [4.78, 5) is 21.4. The SMILES string of the molecule is COc1cc(C)c(S(=O)(=O)N(Cc2nc(C(=O)N(C)Cc3ccc(CN4CC(O)C4)cc3)co2)C2CC2)c(C)c1. The molecule has 2 aromatic carbocycles. The molecule has 1 N–H and O–H groups in total. The van der Waals surface area contributed by atoms with Gasteiger partial charge in [0.15, 0.2) is 5.69 Å². The highest BCUT2D eigenvalue weighted by molar-refractivity contribution is 7.89. The second-order valence-electron chi connectivity index (χ2n) is 10.8. The maximum atomic E-state index is 13.8. The van der Waals surface area contributed by atoms with Crippen molar-refractivity contribution >= 4 is 15.9 Å². The van der Waals surface area contributed by atoms with Crippen molar-refractivity contribution in [3.05, 3.63) is 76.5 Å². The largest absolute Gasteiger partial charge is 0.497 e. The van der Waals surface area contributed by atoms with Gasteiger partial charge in [0.2, 0.25) is 15.9 Å². The van der Waals surface area contributed by atoms with E-state index in [1.54, 1.807) is 45.0 Å². The Balaban J connectivity index is 1.25. The number of nitrogens with zero attached hydrogens (tertiary/aromatic N) is 4. The fourth-order valence-corrected chi connectivity index (χ4v) is 7.21. The highest BCUT2D eigenvalue weighted by Crippen LogP contribution is 2.36. The van der Waals surface area contributed by atoms with E-state index in [0.29, 0.717) is 36.5 Å². The molecule has 1 aromatic heterocycles. The van der Waals surface area contributed by atoms with Crippen LogP contribution in [0.25, 0.3) is 0 Å². The summed E-state index contributed by atoms with van der Waals surface area (Å²) in [6, 6.07) is 11.4. The van der Waals surface area contributed by atoms with E-state index in [9.17, 15) is 18.3 Å². The standard InChI is InChI=1S/C29H36N4O6S/c1-19-11-25(38-4)12-20(2)28(19)40(36,37)33(23-9-10-23)17-27-30-26(18-39-27)29(35)31(3)13-21-5-7-22(8-6-21)14-32-15-24(34)16-32/h5-8,11-12,18,23-24,34H,9-10,13-17H2,1-4H3. The van der Waals surface area contributed by atoms with Gasteiger partial charge in [-0.15, -0.1) is 0 Å². The average molecular weight is 569 g/mol. The lowest BCUT2D eigenvalue weighted by Crippen LogP contribution is -2.49. The first kappa shape index (κ1) is 28.3. The topological polar surface area (TPSA) is 116 Å². The van der Waals surface area contributed by atoms with Gasteiger partial charge < -0.3 is 19.2 Å². The highest BCUT2D eigenvalue weighted by Gasteiger charge is 2.40. The minimum Gasteiger partial charge on any atom is -0.497 e. The zero-order valence-electron chi connectivity index (χ0n) is 23.3. The molecule has 1 saturated heterocycles. The molecule has 3 aromatic rings. The van der Waals surface area contributed by atoms with E-state index in [0.717, 1.165) is 30.5 Å². The van der Waals surface area contributed by atoms with Crippen molar-refractivity contribution in [2.24, 2.45) is 0 Å². The number of benzene rings is 2. The maximum absolute atomic E-state index is 13.8. The molecule has 1 amide bonds. The normalized spacial score (nSPS) is 16.2. The third-order valence-corrected chi connectivity index (χ3v) is 9.59. The fourth-order valence-electron chi connectivity index (χ4n) is 5.16. The number of likely N-dealkylation sites (tertiary alicyclic amines) is 1. The van der Waals surface area contributed by atoms with Crippen LogP contribution in [-0.4, -0.2) is 77.9 Å². The second-order valence-corrected chi connectivity index (χ2v) is 12.7. The molecule has 11 heteroatoms. The summed E-state index contributed by atoms with van der Waals surface area (Å²) in [5.74, 6) is 0.475. The van der Waals surface area contributed by atoms with E-state index < -0.39 is 10.0 Å². The number of carbonyl (C=O) groups is 1. The van der Waals surface area contributed by atoms with Gasteiger partial charge >= 0.3 is 0 Å². The van der Waals surface area contributed by atoms with Crippen LogP contribution in [0.1, 0.15) is 51.5 Å². The van der Waals surface area contributed by atoms with Crippen molar-refractivity contribution in [1.82, 2.24) is 19.1 Å². The molecule has 0 spiro atoms. The molecule has 2 fully saturated rings. The zero-order valence-corrected chi connectivity index (χ0v) is 24.1. The van der Waals surface area contributed by atoms with Gasteiger partial charge in [0.1, 0.15) is 12.0 Å². The molecule has 1 saturated carbocycles. The predicted octanol–water partition coefficient (Wildman–Crippen LogP) is 3.10. The van der Waals surface area contributed by atoms with Crippen molar-refractivity contribution in [2.75, 3.05) is 27.2 Å². The number of hydrogen-bond donors (Lipinski definition) is 1. The Labute approximate surface area is 235 Å². The van der Waals surface area contributed by atoms with Crippen molar-refractivity contribution in [1.29, 1.82) is 0 Å².